The fraction of sp³-hybridized carbons (Fsp3) is 0.500. The topological polar surface area (TPSA) is 38.5 Å². The molecular weight excluding hydrogens is 263 g/mol. The minimum atomic E-state index is -0.310. The Balaban J connectivity index is 2.16. The Kier molecular flexibility index (Phi) is 4.50. The van der Waals surface area contributed by atoms with Crippen molar-refractivity contribution in [2.45, 2.75) is 32.6 Å². The SMILES string of the molecule is C[C@@H]1CN(Cc2ccc(F)cc2C(N)=S)C[C@H](C)O1. The van der Waals surface area contributed by atoms with Crippen LogP contribution in [0.15, 0.2) is 18.2 Å². The molecule has 1 heterocycles. The van der Waals surface area contributed by atoms with Crippen LogP contribution in [0, 0.1) is 5.82 Å². The van der Waals surface area contributed by atoms with Crippen LogP contribution in [0.1, 0.15) is 25.0 Å². The number of hydrogen-bond acceptors (Lipinski definition) is 3. The fourth-order valence-corrected chi connectivity index (χ4v) is 2.76. The first-order chi connectivity index (χ1) is 8.95. The highest BCUT2D eigenvalue weighted by atomic mass is 32.1. The summed E-state index contributed by atoms with van der Waals surface area (Å²) in [6.45, 7) is 6.55. The molecule has 1 aliphatic heterocycles. The number of morpholine rings is 1. The van der Waals surface area contributed by atoms with Crippen LogP contribution in [-0.4, -0.2) is 35.2 Å². The van der Waals surface area contributed by atoms with Crippen LogP contribution in [0.5, 0.6) is 0 Å². The first-order valence-electron chi connectivity index (χ1n) is 6.41. The van der Waals surface area contributed by atoms with Gasteiger partial charge in [0.15, 0.2) is 0 Å². The number of hydrogen-bond donors (Lipinski definition) is 1. The smallest absolute Gasteiger partial charge is 0.123 e. The minimum Gasteiger partial charge on any atom is -0.389 e. The lowest BCUT2D eigenvalue weighted by molar-refractivity contribution is -0.0705. The minimum absolute atomic E-state index is 0.206. The van der Waals surface area contributed by atoms with Crippen LogP contribution in [0.3, 0.4) is 0 Å². The van der Waals surface area contributed by atoms with Crippen molar-refractivity contribution in [1.29, 1.82) is 0 Å². The summed E-state index contributed by atoms with van der Waals surface area (Å²) in [5.74, 6) is -0.310. The van der Waals surface area contributed by atoms with Gasteiger partial charge in [-0.15, -0.1) is 0 Å². The third-order valence-electron chi connectivity index (χ3n) is 3.23. The molecule has 0 spiro atoms. The third-order valence-corrected chi connectivity index (χ3v) is 3.45. The van der Waals surface area contributed by atoms with Gasteiger partial charge in [0, 0.05) is 25.2 Å². The average Bonchev–Trinajstić information content (AvgIpc) is 2.30. The second-order valence-corrected chi connectivity index (χ2v) is 5.56. The summed E-state index contributed by atoms with van der Waals surface area (Å²) in [4.78, 5) is 2.53. The molecule has 104 valence electrons. The van der Waals surface area contributed by atoms with E-state index in [0.717, 1.165) is 18.7 Å². The van der Waals surface area contributed by atoms with Gasteiger partial charge in [0.05, 0.1) is 12.2 Å². The van der Waals surface area contributed by atoms with E-state index in [0.29, 0.717) is 12.1 Å². The number of halogens is 1. The molecule has 2 N–H and O–H groups in total. The summed E-state index contributed by atoms with van der Waals surface area (Å²) >= 11 is 4.99. The Labute approximate surface area is 118 Å². The van der Waals surface area contributed by atoms with Gasteiger partial charge in [-0.1, -0.05) is 18.3 Å². The van der Waals surface area contributed by atoms with Crippen molar-refractivity contribution in [3.8, 4) is 0 Å². The fourth-order valence-electron chi connectivity index (χ4n) is 2.57. The maximum atomic E-state index is 13.3. The molecular formula is C14H19FN2OS. The second-order valence-electron chi connectivity index (χ2n) is 5.12. The number of nitrogens with zero attached hydrogens (tertiary/aromatic N) is 1. The monoisotopic (exact) mass is 282 g/mol. The Bertz CT molecular complexity index is 471. The van der Waals surface area contributed by atoms with Crippen molar-refractivity contribution in [3.63, 3.8) is 0 Å². The highest BCUT2D eigenvalue weighted by molar-refractivity contribution is 7.80. The van der Waals surface area contributed by atoms with Gasteiger partial charge in [0.2, 0.25) is 0 Å². The summed E-state index contributed by atoms with van der Waals surface area (Å²) in [5.41, 5.74) is 7.26. The zero-order valence-corrected chi connectivity index (χ0v) is 12.0. The highest BCUT2D eigenvalue weighted by Gasteiger charge is 2.23. The molecule has 0 saturated carbocycles. The van der Waals surface area contributed by atoms with E-state index in [1.54, 1.807) is 6.07 Å². The lowest BCUT2D eigenvalue weighted by Gasteiger charge is -2.35. The predicted molar refractivity (Wildman–Crippen MR) is 77.6 cm³/mol. The predicted octanol–water partition coefficient (Wildman–Crippen LogP) is 2.07. The molecule has 5 heteroatoms. The van der Waals surface area contributed by atoms with Gasteiger partial charge in [-0.3, -0.25) is 4.90 Å². The van der Waals surface area contributed by atoms with E-state index in [2.05, 4.69) is 18.7 Å². The molecule has 19 heavy (non-hydrogen) atoms. The van der Waals surface area contributed by atoms with E-state index in [9.17, 15) is 4.39 Å². The van der Waals surface area contributed by atoms with Gasteiger partial charge in [-0.2, -0.15) is 0 Å². The van der Waals surface area contributed by atoms with Gasteiger partial charge < -0.3 is 10.5 Å². The summed E-state index contributed by atoms with van der Waals surface area (Å²) in [7, 11) is 0. The van der Waals surface area contributed by atoms with Gasteiger partial charge in [-0.05, 0) is 31.5 Å². The molecule has 1 fully saturated rings. The zero-order valence-electron chi connectivity index (χ0n) is 11.2. The van der Waals surface area contributed by atoms with E-state index in [1.807, 2.05) is 0 Å². The van der Waals surface area contributed by atoms with Gasteiger partial charge in [0.1, 0.15) is 10.8 Å². The molecule has 0 bridgehead atoms. The van der Waals surface area contributed by atoms with E-state index < -0.39 is 0 Å². The van der Waals surface area contributed by atoms with Crippen molar-refractivity contribution in [2.24, 2.45) is 5.73 Å². The lowest BCUT2D eigenvalue weighted by Crippen LogP contribution is -2.45. The summed E-state index contributed by atoms with van der Waals surface area (Å²) < 4.78 is 19.0. The van der Waals surface area contributed by atoms with Crippen molar-refractivity contribution < 1.29 is 9.13 Å². The maximum absolute atomic E-state index is 13.3. The summed E-state index contributed by atoms with van der Waals surface area (Å²) in [6.07, 6.45) is 0.412. The van der Waals surface area contributed by atoms with Crippen LogP contribution < -0.4 is 5.73 Å². The summed E-state index contributed by atoms with van der Waals surface area (Å²) in [6, 6.07) is 4.62. The number of thiocarbonyl (C=S) groups is 1. The van der Waals surface area contributed by atoms with Crippen molar-refractivity contribution in [2.75, 3.05) is 13.1 Å². The quantitative estimate of drug-likeness (QED) is 0.861. The molecule has 1 aromatic carbocycles. The Morgan fingerprint density at radius 1 is 1.42 bits per heavy atom. The molecule has 1 aromatic rings. The van der Waals surface area contributed by atoms with E-state index in [4.69, 9.17) is 22.7 Å². The molecule has 2 atom stereocenters. The van der Waals surface area contributed by atoms with Crippen LogP contribution in [-0.2, 0) is 11.3 Å². The van der Waals surface area contributed by atoms with Crippen LogP contribution in [0.25, 0.3) is 0 Å². The second kappa shape index (κ2) is 5.94. The first-order valence-corrected chi connectivity index (χ1v) is 6.82. The van der Waals surface area contributed by atoms with Crippen LogP contribution in [0.2, 0.25) is 0 Å². The van der Waals surface area contributed by atoms with E-state index >= 15 is 0 Å². The summed E-state index contributed by atoms with van der Waals surface area (Å²) in [5, 5.41) is 0. The largest absolute Gasteiger partial charge is 0.389 e. The number of ether oxygens (including phenoxy) is 1. The van der Waals surface area contributed by atoms with Crippen molar-refractivity contribution in [3.05, 3.63) is 35.1 Å². The maximum Gasteiger partial charge on any atom is 0.123 e. The normalized spacial score (nSPS) is 24.4. The van der Waals surface area contributed by atoms with Gasteiger partial charge in [0.25, 0.3) is 0 Å². The number of rotatable bonds is 3. The Morgan fingerprint density at radius 3 is 2.63 bits per heavy atom. The molecule has 0 aromatic heterocycles. The molecule has 2 rings (SSSR count). The molecule has 0 radical (unpaired) electrons. The van der Waals surface area contributed by atoms with Crippen LogP contribution >= 0.6 is 12.2 Å². The van der Waals surface area contributed by atoms with Crippen molar-refractivity contribution in [1.82, 2.24) is 4.90 Å². The molecule has 1 aliphatic rings. The molecule has 3 nitrogen and oxygen atoms in total. The molecule has 0 amide bonds. The Hall–Kier alpha value is -1.04. The zero-order chi connectivity index (χ0) is 14.0. The van der Waals surface area contributed by atoms with E-state index in [1.165, 1.54) is 12.1 Å². The van der Waals surface area contributed by atoms with Gasteiger partial charge in [-0.25, -0.2) is 4.39 Å². The number of nitrogens with two attached hydrogens (primary N) is 1. The van der Waals surface area contributed by atoms with Crippen molar-refractivity contribution >= 4 is 17.2 Å². The first kappa shape index (κ1) is 14.4. The van der Waals surface area contributed by atoms with Crippen LogP contribution in [0.4, 0.5) is 4.39 Å². The third kappa shape index (κ3) is 3.72. The van der Waals surface area contributed by atoms with E-state index in [-0.39, 0.29) is 23.0 Å². The highest BCUT2D eigenvalue weighted by Crippen LogP contribution is 2.18. The molecule has 0 unspecified atom stereocenters. The molecule has 0 aliphatic carbocycles. The number of benzene rings is 1. The lowest BCUT2D eigenvalue weighted by atomic mass is 10.1. The molecule has 1 saturated heterocycles. The standard InChI is InChI=1S/C14H19FN2OS/c1-9-6-17(7-10(2)18-9)8-11-3-4-12(15)5-13(11)14(16)19/h3-5,9-10H,6-8H2,1-2H3,(H2,16,19)/t9-,10+. The average molecular weight is 282 g/mol. The van der Waals surface area contributed by atoms with Gasteiger partial charge >= 0.3 is 0 Å². The Morgan fingerprint density at radius 2 is 2.05 bits per heavy atom.